The molecule has 4 nitrogen and oxygen atoms in total. The predicted octanol–water partition coefficient (Wildman–Crippen LogP) is -1.12. The van der Waals surface area contributed by atoms with E-state index in [4.69, 9.17) is 9.84 Å². The lowest BCUT2D eigenvalue weighted by Crippen LogP contribution is -2.31. The molecule has 1 unspecified atom stereocenters. The van der Waals surface area contributed by atoms with Gasteiger partial charge in [0.25, 0.3) is 0 Å². The lowest BCUT2D eigenvalue weighted by Gasteiger charge is -2.10. The zero-order valence-corrected chi connectivity index (χ0v) is 7.96. The van der Waals surface area contributed by atoms with Crippen LogP contribution in [0.5, 0.6) is 0 Å². The van der Waals surface area contributed by atoms with E-state index in [0.717, 1.165) is 12.3 Å². The number of ether oxygens (including phenoxy) is 1. The largest absolute Gasteiger partial charge is 0.394 e. The summed E-state index contributed by atoms with van der Waals surface area (Å²) in [4.78, 5) is 0. The minimum atomic E-state index is -0.503. The monoisotopic (exact) mass is 195 g/mol. The first-order chi connectivity index (χ1) is 5.81. The van der Waals surface area contributed by atoms with E-state index in [1.54, 1.807) is 0 Å². The lowest BCUT2D eigenvalue weighted by molar-refractivity contribution is 0.0221. The van der Waals surface area contributed by atoms with E-state index >= 15 is 0 Å². The van der Waals surface area contributed by atoms with Gasteiger partial charge >= 0.3 is 0 Å². The van der Waals surface area contributed by atoms with E-state index < -0.39 is 6.10 Å². The van der Waals surface area contributed by atoms with Gasteiger partial charge in [-0.2, -0.15) is 12.6 Å². The number of hydrogen-bond acceptors (Lipinski definition) is 5. The van der Waals surface area contributed by atoms with Gasteiger partial charge in [0, 0.05) is 18.8 Å². The Morgan fingerprint density at radius 2 is 2.25 bits per heavy atom. The molecule has 0 aliphatic heterocycles. The molecule has 0 saturated carbocycles. The van der Waals surface area contributed by atoms with Crippen molar-refractivity contribution in [1.82, 2.24) is 5.32 Å². The molecule has 3 N–H and O–H groups in total. The molecule has 1 atom stereocenters. The van der Waals surface area contributed by atoms with Crippen molar-refractivity contribution in [2.45, 2.75) is 6.10 Å². The summed E-state index contributed by atoms with van der Waals surface area (Å²) in [7, 11) is 0. The van der Waals surface area contributed by atoms with Crippen LogP contribution in [0.15, 0.2) is 0 Å². The molecule has 0 amide bonds. The maximum Gasteiger partial charge on any atom is 0.0897 e. The quantitative estimate of drug-likeness (QED) is 0.292. The van der Waals surface area contributed by atoms with Gasteiger partial charge in [0.1, 0.15) is 0 Å². The van der Waals surface area contributed by atoms with Crippen LogP contribution in [0.1, 0.15) is 0 Å². The van der Waals surface area contributed by atoms with Crippen LogP contribution in [-0.2, 0) is 4.74 Å². The summed E-state index contributed by atoms with van der Waals surface area (Å²) in [6, 6.07) is 0. The Kier molecular flexibility index (Phi) is 9.43. The van der Waals surface area contributed by atoms with Crippen LogP contribution in [0.3, 0.4) is 0 Å². The summed E-state index contributed by atoms with van der Waals surface area (Å²) in [6.07, 6.45) is -0.503. The van der Waals surface area contributed by atoms with Crippen molar-refractivity contribution in [2.24, 2.45) is 0 Å². The summed E-state index contributed by atoms with van der Waals surface area (Å²) < 4.78 is 4.92. The number of rotatable bonds is 8. The summed E-state index contributed by atoms with van der Waals surface area (Å²) in [6.45, 7) is 1.83. The summed E-state index contributed by atoms with van der Waals surface area (Å²) in [5.41, 5.74) is 0. The minimum Gasteiger partial charge on any atom is -0.394 e. The van der Waals surface area contributed by atoms with Crippen molar-refractivity contribution in [1.29, 1.82) is 0 Å². The number of nitrogens with one attached hydrogen (secondary N) is 1. The highest BCUT2D eigenvalue weighted by Gasteiger charge is 2.01. The van der Waals surface area contributed by atoms with Gasteiger partial charge in [0.15, 0.2) is 0 Å². The van der Waals surface area contributed by atoms with Crippen LogP contribution < -0.4 is 5.32 Å². The number of aliphatic hydroxyl groups excluding tert-OH is 2. The summed E-state index contributed by atoms with van der Waals surface area (Å²) in [5, 5.41) is 20.6. The van der Waals surface area contributed by atoms with E-state index in [1.165, 1.54) is 0 Å². The van der Waals surface area contributed by atoms with Gasteiger partial charge in [-0.15, -0.1) is 0 Å². The Morgan fingerprint density at radius 1 is 1.50 bits per heavy atom. The van der Waals surface area contributed by atoms with Crippen LogP contribution in [0.2, 0.25) is 0 Å². The lowest BCUT2D eigenvalue weighted by atomic mass is 10.4. The minimum absolute atomic E-state index is 0.00319. The average Bonchev–Trinajstić information content (AvgIpc) is 2.06. The highest BCUT2D eigenvalue weighted by atomic mass is 32.1. The summed E-state index contributed by atoms with van der Waals surface area (Å²) in [5.74, 6) is 0.754. The third kappa shape index (κ3) is 8.29. The fourth-order valence-corrected chi connectivity index (χ4v) is 0.849. The van der Waals surface area contributed by atoms with Gasteiger partial charge < -0.3 is 20.3 Å². The molecule has 0 radical (unpaired) electrons. The molecule has 12 heavy (non-hydrogen) atoms. The smallest absolute Gasteiger partial charge is 0.0897 e. The second kappa shape index (κ2) is 9.28. The van der Waals surface area contributed by atoms with Gasteiger partial charge in [-0.3, -0.25) is 0 Å². The van der Waals surface area contributed by atoms with E-state index in [2.05, 4.69) is 17.9 Å². The predicted molar refractivity (Wildman–Crippen MR) is 50.6 cm³/mol. The van der Waals surface area contributed by atoms with Gasteiger partial charge in [0.2, 0.25) is 0 Å². The number of thiol groups is 1. The maximum atomic E-state index is 9.21. The second-order valence-electron chi connectivity index (χ2n) is 2.38. The fourth-order valence-electron chi connectivity index (χ4n) is 0.691. The molecule has 0 aromatic carbocycles. The van der Waals surface area contributed by atoms with Crippen LogP contribution in [0.4, 0.5) is 0 Å². The van der Waals surface area contributed by atoms with Crippen LogP contribution >= 0.6 is 12.6 Å². The van der Waals surface area contributed by atoms with Crippen molar-refractivity contribution >= 4 is 12.6 Å². The third-order valence-corrected chi connectivity index (χ3v) is 1.44. The van der Waals surface area contributed by atoms with Crippen molar-refractivity contribution in [2.75, 3.05) is 38.7 Å². The van der Waals surface area contributed by atoms with E-state index in [9.17, 15) is 5.11 Å². The van der Waals surface area contributed by atoms with Crippen molar-refractivity contribution in [3.63, 3.8) is 0 Å². The average molecular weight is 195 g/mol. The van der Waals surface area contributed by atoms with Crippen molar-refractivity contribution < 1.29 is 14.9 Å². The molecule has 0 fully saturated rings. The van der Waals surface area contributed by atoms with E-state index in [1.807, 2.05) is 0 Å². The molecule has 0 saturated heterocycles. The highest BCUT2D eigenvalue weighted by molar-refractivity contribution is 7.80. The normalized spacial score (nSPS) is 13.2. The first-order valence-electron chi connectivity index (χ1n) is 3.99. The Bertz CT molecular complexity index is 84.7. The number of hydrogen-bond donors (Lipinski definition) is 4. The zero-order valence-electron chi connectivity index (χ0n) is 7.07. The van der Waals surface area contributed by atoms with Crippen LogP contribution in [0, 0.1) is 0 Å². The molecule has 0 bridgehead atoms. The first kappa shape index (κ1) is 12.2. The number of aliphatic hydroxyl groups is 2. The molecule has 0 aromatic rings. The van der Waals surface area contributed by atoms with Crippen molar-refractivity contribution in [3.05, 3.63) is 0 Å². The topological polar surface area (TPSA) is 61.7 Å². The Hall–Kier alpha value is 0.190. The van der Waals surface area contributed by atoms with E-state index in [0.29, 0.717) is 6.54 Å². The summed E-state index contributed by atoms with van der Waals surface area (Å²) >= 11 is 4.00. The molecule has 0 heterocycles. The molecule has 0 rings (SSSR count). The molecular weight excluding hydrogens is 178 g/mol. The van der Waals surface area contributed by atoms with Crippen molar-refractivity contribution in [3.8, 4) is 0 Å². The van der Waals surface area contributed by atoms with Crippen LogP contribution in [-0.4, -0.2) is 55.0 Å². The van der Waals surface area contributed by atoms with Gasteiger partial charge in [-0.05, 0) is 0 Å². The fraction of sp³-hybridized carbons (Fsp3) is 1.00. The second-order valence-corrected chi connectivity index (χ2v) is 2.83. The van der Waals surface area contributed by atoms with E-state index in [-0.39, 0.29) is 19.8 Å². The van der Waals surface area contributed by atoms with Gasteiger partial charge in [0.05, 0.1) is 25.9 Å². The molecule has 0 aromatic heterocycles. The maximum absolute atomic E-state index is 9.21. The Balaban J connectivity index is 3.04. The molecule has 5 heteroatoms. The Labute approximate surface area is 78.3 Å². The van der Waals surface area contributed by atoms with Gasteiger partial charge in [-0.1, -0.05) is 0 Å². The van der Waals surface area contributed by atoms with Gasteiger partial charge in [-0.25, -0.2) is 0 Å². The SMILES string of the molecule is OCCOCC(O)CNCCS. The molecule has 0 aliphatic carbocycles. The molecule has 0 aliphatic rings. The third-order valence-electron chi connectivity index (χ3n) is 1.21. The molecule has 74 valence electrons. The Morgan fingerprint density at radius 3 is 2.83 bits per heavy atom. The highest BCUT2D eigenvalue weighted by Crippen LogP contribution is 1.83. The first-order valence-corrected chi connectivity index (χ1v) is 4.62. The van der Waals surface area contributed by atoms with Crippen LogP contribution in [0.25, 0.3) is 0 Å². The standard InChI is InChI=1S/C7H17NO3S/c9-2-3-11-6-7(10)5-8-1-4-12/h7-10,12H,1-6H2. The zero-order chi connectivity index (χ0) is 9.23. The molecular formula is C7H17NO3S. The molecule has 0 spiro atoms.